The number of carbonyl (C=O) groups excluding carboxylic acids is 3. The van der Waals surface area contributed by atoms with E-state index in [1.807, 2.05) is 51.1 Å². The molecule has 1 aliphatic heterocycles. The summed E-state index contributed by atoms with van der Waals surface area (Å²) in [5.74, 6) is -1.33. The van der Waals surface area contributed by atoms with Gasteiger partial charge in [0.2, 0.25) is 11.7 Å². The summed E-state index contributed by atoms with van der Waals surface area (Å²) in [6.45, 7) is 5.91. The Kier molecular flexibility index (Phi) is 5.03. The number of rotatable bonds is 6. The summed E-state index contributed by atoms with van der Waals surface area (Å²) in [5.41, 5.74) is 4.50. The molecule has 6 heteroatoms. The van der Waals surface area contributed by atoms with Gasteiger partial charge in [-0.3, -0.25) is 14.4 Å². The molecule has 1 amide bonds. The predicted octanol–water partition coefficient (Wildman–Crippen LogP) is 3.53. The van der Waals surface area contributed by atoms with Crippen LogP contribution < -0.4 is 4.90 Å². The van der Waals surface area contributed by atoms with Crippen molar-refractivity contribution in [3.05, 3.63) is 52.8 Å². The van der Waals surface area contributed by atoms with E-state index >= 15 is 0 Å². The smallest absolute Gasteiger partial charge is 0.311 e. The average molecular weight is 394 g/mol. The highest BCUT2D eigenvalue weighted by molar-refractivity contribution is 6.01. The molecule has 2 fully saturated rings. The standard InChI is InChI=1S/C23H26N2O4/c1-14-4-6-18(7-5-14)24-12-17(11-22(24)27)23(28)29-13-21(26)20-10-15(2)25(16(20)3)19-8-9-19/h4-7,10,17,19H,8-9,11-13H2,1-3H3/t17-/m0/s1. The number of aromatic nitrogens is 1. The molecule has 0 unspecified atom stereocenters. The third kappa shape index (κ3) is 3.84. The number of aryl methyl sites for hydroxylation is 2. The van der Waals surface area contributed by atoms with E-state index in [1.54, 1.807) is 4.90 Å². The van der Waals surface area contributed by atoms with E-state index in [0.717, 1.165) is 35.5 Å². The molecule has 6 nitrogen and oxygen atoms in total. The first-order valence-corrected chi connectivity index (χ1v) is 10.1. The quantitative estimate of drug-likeness (QED) is 0.555. The third-order valence-corrected chi connectivity index (χ3v) is 5.85. The second-order valence-corrected chi connectivity index (χ2v) is 8.16. The minimum Gasteiger partial charge on any atom is -0.457 e. The van der Waals surface area contributed by atoms with E-state index in [4.69, 9.17) is 4.74 Å². The predicted molar refractivity (Wildman–Crippen MR) is 109 cm³/mol. The van der Waals surface area contributed by atoms with Gasteiger partial charge in [-0.2, -0.15) is 0 Å². The van der Waals surface area contributed by atoms with E-state index in [1.165, 1.54) is 0 Å². The summed E-state index contributed by atoms with van der Waals surface area (Å²) in [7, 11) is 0. The van der Waals surface area contributed by atoms with Crippen LogP contribution in [0.15, 0.2) is 30.3 Å². The summed E-state index contributed by atoms with van der Waals surface area (Å²) in [6.07, 6.45) is 2.40. The van der Waals surface area contributed by atoms with Gasteiger partial charge in [-0.25, -0.2) is 0 Å². The van der Waals surface area contributed by atoms with Crippen molar-refractivity contribution < 1.29 is 19.1 Å². The molecule has 1 aromatic carbocycles. The van der Waals surface area contributed by atoms with Crippen molar-refractivity contribution in [1.29, 1.82) is 0 Å². The lowest BCUT2D eigenvalue weighted by Gasteiger charge is -2.16. The number of ketones is 1. The van der Waals surface area contributed by atoms with Gasteiger partial charge >= 0.3 is 5.97 Å². The minimum atomic E-state index is -0.546. The number of benzene rings is 1. The number of ether oxygens (including phenoxy) is 1. The molecular formula is C23H26N2O4. The van der Waals surface area contributed by atoms with Crippen LogP contribution in [0.2, 0.25) is 0 Å². The zero-order valence-electron chi connectivity index (χ0n) is 17.1. The van der Waals surface area contributed by atoms with Crippen molar-refractivity contribution >= 4 is 23.3 Å². The Balaban J connectivity index is 1.36. The fourth-order valence-electron chi connectivity index (χ4n) is 4.13. The van der Waals surface area contributed by atoms with Gasteiger partial charge in [0.15, 0.2) is 6.61 Å². The number of esters is 1. The van der Waals surface area contributed by atoms with Gasteiger partial charge in [-0.15, -0.1) is 0 Å². The first-order valence-electron chi connectivity index (χ1n) is 10.1. The van der Waals surface area contributed by atoms with Gasteiger partial charge in [-0.1, -0.05) is 17.7 Å². The first-order chi connectivity index (χ1) is 13.8. The molecule has 1 aromatic heterocycles. The first kappa shape index (κ1) is 19.4. The van der Waals surface area contributed by atoms with Crippen LogP contribution in [0.4, 0.5) is 5.69 Å². The zero-order chi connectivity index (χ0) is 20.7. The lowest BCUT2D eigenvalue weighted by atomic mass is 10.1. The molecular weight excluding hydrogens is 368 g/mol. The molecule has 2 heterocycles. The van der Waals surface area contributed by atoms with E-state index in [2.05, 4.69) is 4.57 Å². The molecule has 0 N–H and O–H groups in total. The molecule has 0 spiro atoms. The van der Waals surface area contributed by atoms with Crippen molar-refractivity contribution in [2.45, 2.75) is 46.1 Å². The molecule has 1 aliphatic carbocycles. The van der Waals surface area contributed by atoms with E-state index in [9.17, 15) is 14.4 Å². The van der Waals surface area contributed by atoms with Crippen LogP contribution in [-0.4, -0.2) is 35.4 Å². The van der Waals surface area contributed by atoms with Crippen LogP contribution in [0.1, 0.15) is 52.6 Å². The topological polar surface area (TPSA) is 68.6 Å². The van der Waals surface area contributed by atoms with Gasteiger partial charge in [0, 0.05) is 41.6 Å². The molecule has 4 rings (SSSR count). The Morgan fingerprint density at radius 2 is 1.79 bits per heavy atom. The van der Waals surface area contributed by atoms with Gasteiger partial charge < -0.3 is 14.2 Å². The Bertz CT molecular complexity index is 970. The zero-order valence-corrected chi connectivity index (χ0v) is 17.1. The van der Waals surface area contributed by atoms with Crippen LogP contribution in [0.5, 0.6) is 0 Å². The Labute approximate surface area is 170 Å². The van der Waals surface area contributed by atoms with Crippen molar-refractivity contribution in [3.8, 4) is 0 Å². The summed E-state index contributed by atoms with van der Waals surface area (Å²) >= 11 is 0. The lowest BCUT2D eigenvalue weighted by molar-refractivity contribution is -0.147. The fourth-order valence-corrected chi connectivity index (χ4v) is 4.13. The summed E-state index contributed by atoms with van der Waals surface area (Å²) in [5, 5.41) is 0. The fraction of sp³-hybridized carbons (Fsp3) is 0.435. The Morgan fingerprint density at radius 3 is 2.45 bits per heavy atom. The van der Waals surface area contributed by atoms with Crippen LogP contribution in [0, 0.1) is 26.7 Å². The number of hydrogen-bond acceptors (Lipinski definition) is 4. The van der Waals surface area contributed by atoms with Crippen molar-refractivity contribution in [2.75, 3.05) is 18.1 Å². The van der Waals surface area contributed by atoms with Crippen LogP contribution in [0.25, 0.3) is 0 Å². The van der Waals surface area contributed by atoms with Crippen LogP contribution in [0.3, 0.4) is 0 Å². The highest BCUT2D eigenvalue weighted by Gasteiger charge is 2.36. The average Bonchev–Trinajstić information content (AvgIpc) is 3.38. The molecule has 29 heavy (non-hydrogen) atoms. The molecule has 1 saturated carbocycles. The monoisotopic (exact) mass is 394 g/mol. The summed E-state index contributed by atoms with van der Waals surface area (Å²) in [4.78, 5) is 39.0. The Morgan fingerprint density at radius 1 is 1.10 bits per heavy atom. The number of anilines is 1. The van der Waals surface area contributed by atoms with E-state index in [-0.39, 0.29) is 31.3 Å². The van der Waals surface area contributed by atoms with Crippen LogP contribution in [-0.2, 0) is 14.3 Å². The molecule has 1 atom stereocenters. The van der Waals surface area contributed by atoms with Gasteiger partial charge in [0.1, 0.15) is 0 Å². The van der Waals surface area contributed by atoms with Crippen LogP contribution >= 0.6 is 0 Å². The van der Waals surface area contributed by atoms with Crippen molar-refractivity contribution in [2.24, 2.45) is 5.92 Å². The van der Waals surface area contributed by atoms with Crippen molar-refractivity contribution in [1.82, 2.24) is 4.57 Å². The molecule has 0 bridgehead atoms. The molecule has 152 valence electrons. The second-order valence-electron chi connectivity index (χ2n) is 8.16. The number of hydrogen-bond donors (Lipinski definition) is 0. The van der Waals surface area contributed by atoms with E-state index in [0.29, 0.717) is 11.6 Å². The largest absolute Gasteiger partial charge is 0.457 e. The highest BCUT2D eigenvalue weighted by Crippen LogP contribution is 2.38. The number of amides is 1. The normalized spacial score (nSPS) is 18.9. The number of Topliss-reactive ketones (excluding diaryl/α,β-unsaturated/α-hetero) is 1. The van der Waals surface area contributed by atoms with Gasteiger partial charge in [-0.05, 0) is 51.8 Å². The molecule has 1 saturated heterocycles. The second kappa shape index (κ2) is 7.50. The number of carbonyl (C=O) groups is 3. The lowest BCUT2D eigenvalue weighted by Crippen LogP contribution is -2.27. The SMILES string of the molecule is Cc1ccc(N2C[C@@H](C(=O)OCC(=O)c3cc(C)n(C4CC4)c3C)CC2=O)cc1. The van der Waals surface area contributed by atoms with Gasteiger partial charge in [0.05, 0.1) is 5.92 Å². The maximum Gasteiger partial charge on any atom is 0.311 e. The Hall–Kier alpha value is -2.89. The maximum absolute atomic E-state index is 12.6. The summed E-state index contributed by atoms with van der Waals surface area (Å²) in [6, 6.07) is 9.99. The molecule has 2 aromatic rings. The van der Waals surface area contributed by atoms with Crippen molar-refractivity contribution in [3.63, 3.8) is 0 Å². The molecule has 2 aliphatic rings. The third-order valence-electron chi connectivity index (χ3n) is 5.85. The molecule has 0 radical (unpaired) electrons. The maximum atomic E-state index is 12.6. The number of nitrogens with zero attached hydrogens (tertiary/aromatic N) is 2. The van der Waals surface area contributed by atoms with E-state index < -0.39 is 11.9 Å². The minimum absolute atomic E-state index is 0.102. The highest BCUT2D eigenvalue weighted by atomic mass is 16.5. The van der Waals surface area contributed by atoms with Gasteiger partial charge in [0.25, 0.3) is 0 Å². The summed E-state index contributed by atoms with van der Waals surface area (Å²) < 4.78 is 7.50.